The molecule has 1 aromatic carbocycles. The first-order valence-electron chi connectivity index (χ1n) is 7.23. The molecule has 1 aliphatic rings. The van der Waals surface area contributed by atoms with E-state index in [4.69, 9.17) is 16.3 Å². The summed E-state index contributed by atoms with van der Waals surface area (Å²) in [7, 11) is -3.54. The molecule has 0 spiro atoms. The van der Waals surface area contributed by atoms with E-state index < -0.39 is 10.0 Å². The van der Waals surface area contributed by atoms with E-state index in [9.17, 15) is 8.42 Å². The highest BCUT2D eigenvalue weighted by Gasteiger charge is 2.39. The maximum absolute atomic E-state index is 12.6. The fourth-order valence-corrected chi connectivity index (χ4v) is 4.41. The third kappa shape index (κ3) is 3.34. The van der Waals surface area contributed by atoms with E-state index in [2.05, 4.69) is 4.98 Å². The van der Waals surface area contributed by atoms with Gasteiger partial charge in [-0.2, -0.15) is 4.31 Å². The van der Waals surface area contributed by atoms with Gasteiger partial charge in [0.25, 0.3) is 0 Å². The van der Waals surface area contributed by atoms with Gasteiger partial charge in [0.15, 0.2) is 0 Å². The molecule has 2 aromatic rings. The fourth-order valence-electron chi connectivity index (χ4n) is 2.42. The Hall–Kier alpha value is -1.63. The van der Waals surface area contributed by atoms with Crippen LogP contribution >= 0.6 is 11.6 Å². The summed E-state index contributed by atoms with van der Waals surface area (Å²) in [6.07, 6.45) is -0.182. The second-order valence-electron chi connectivity index (χ2n) is 5.59. The lowest BCUT2D eigenvalue weighted by Crippen LogP contribution is -2.56. The third-order valence-electron chi connectivity index (χ3n) is 3.73. The van der Waals surface area contributed by atoms with Gasteiger partial charge in [0, 0.05) is 16.8 Å². The molecule has 2 heterocycles. The molecule has 0 radical (unpaired) electrons. The summed E-state index contributed by atoms with van der Waals surface area (Å²) in [6, 6.07) is 10.4. The van der Waals surface area contributed by atoms with Gasteiger partial charge >= 0.3 is 0 Å². The van der Waals surface area contributed by atoms with Crippen molar-refractivity contribution in [3.8, 4) is 5.88 Å². The van der Waals surface area contributed by atoms with Crippen LogP contribution in [0.15, 0.2) is 41.3 Å². The smallest absolute Gasteiger partial charge is 0.243 e. The van der Waals surface area contributed by atoms with Crippen molar-refractivity contribution in [2.45, 2.75) is 24.8 Å². The molecule has 3 rings (SSSR count). The quantitative estimate of drug-likeness (QED) is 0.849. The number of halogens is 1. The van der Waals surface area contributed by atoms with Gasteiger partial charge in [-0.1, -0.05) is 23.7 Å². The molecule has 0 bridgehead atoms. The van der Waals surface area contributed by atoms with Crippen LogP contribution in [0.4, 0.5) is 0 Å². The number of nitrogens with zero attached hydrogens (tertiary/aromatic N) is 2. The first-order valence-corrected chi connectivity index (χ1v) is 9.05. The van der Waals surface area contributed by atoms with Crippen molar-refractivity contribution in [2.24, 2.45) is 0 Å². The van der Waals surface area contributed by atoms with E-state index in [1.165, 1.54) is 10.4 Å². The molecule has 23 heavy (non-hydrogen) atoms. The second kappa shape index (κ2) is 6.11. The molecule has 0 amide bonds. The van der Waals surface area contributed by atoms with E-state index >= 15 is 0 Å². The molecule has 7 heteroatoms. The molecular formula is C16H17ClN2O3S. The Morgan fingerprint density at radius 2 is 1.96 bits per heavy atom. The number of hydrogen-bond donors (Lipinski definition) is 0. The number of sulfonamides is 1. The van der Waals surface area contributed by atoms with Crippen molar-refractivity contribution < 1.29 is 13.2 Å². The summed E-state index contributed by atoms with van der Waals surface area (Å²) in [6.45, 7) is 4.26. The zero-order chi connectivity index (χ0) is 16.6. The van der Waals surface area contributed by atoms with Crippen molar-refractivity contribution in [1.29, 1.82) is 0 Å². The number of pyridine rings is 1. The van der Waals surface area contributed by atoms with Crippen LogP contribution in [0.3, 0.4) is 0 Å². The molecule has 5 nitrogen and oxygen atoms in total. The molecule has 1 fully saturated rings. The standard InChI is InChI=1S/C16H17ClN2O3S/c1-11-6-7-13(17)8-15(11)23(20,21)19-9-14(10-19)22-16-5-3-4-12(2)18-16/h3-8,14H,9-10H2,1-2H3. The highest BCUT2D eigenvalue weighted by atomic mass is 35.5. The number of rotatable bonds is 4. The SMILES string of the molecule is Cc1cccc(OC2CN(S(=O)(=O)c3cc(Cl)ccc3C)C2)n1. The zero-order valence-electron chi connectivity index (χ0n) is 12.9. The first-order chi connectivity index (χ1) is 10.9. The minimum absolute atomic E-state index is 0.182. The Morgan fingerprint density at radius 1 is 1.22 bits per heavy atom. The average Bonchev–Trinajstić information content (AvgIpc) is 2.44. The predicted octanol–water partition coefficient (Wildman–Crippen LogP) is 2.80. The fraction of sp³-hybridized carbons (Fsp3) is 0.312. The molecule has 0 aliphatic carbocycles. The van der Waals surface area contributed by atoms with Crippen LogP contribution in [0.25, 0.3) is 0 Å². The van der Waals surface area contributed by atoms with E-state index in [1.54, 1.807) is 25.1 Å². The van der Waals surface area contributed by atoms with Gasteiger partial charge in [-0.15, -0.1) is 0 Å². The first kappa shape index (κ1) is 16.2. The summed E-state index contributed by atoms with van der Waals surface area (Å²) in [5.41, 5.74) is 1.54. The van der Waals surface area contributed by atoms with Gasteiger partial charge in [-0.05, 0) is 37.6 Å². The molecule has 0 unspecified atom stereocenters. The highest BCUT2D eigenvalue weighted by Crippen LogP contribution is 2.28. The number of ether oxygens (including phenoxy) is 1. The lowest BCUT2D eigenvalue weighted by atomic mass is 10.2. The third-order valence-corrected chi connectivity index (χ3v) is 5.94. The van der Waals surface area contributed by atoms with Gasteiger partial charge in [0.2, 0.25) is 15.9 Å². The molecular weight excluding hydrogens is 336 g/mol. The molecule has 122 valence electrons. The number of aromatic nitrogens is 1. The maximum atomic E-state index is 12.6. The van der Waals surface area contributed by atoms with Gasteiger partial charge in [0.05, 0.1) is 18.0 Å². The monoisotopic (exact) mass is 352 g/mol. The minimum Gasteiger partial charge on any atom is -0.472 e. The summed E-state index contributed by atoms with van der Waals surface area (Å²) < 4.78 is 32.4. The minimum atomic E-state index is -3.54. The van der Waals surface area contributed by atoms with Crippen LogP contribution in [-0.4, -0.2) is 36.9 Å². The molecule has 0 N–H and O–H groups in total. The molecule has 0 saturated carbocycles. The zero-order valence-corrected chi connectivity index (χ0v) is 14.4. The van der Waals surface area contributed by atoms with Gasteiger partial charge in [0.1, 0.15) is 6.10 Å². The summed E-state index contributed by atoms with van der Waals surface area (Å²) in [4.78, 5) is 4.51. The van der Waals surface area contributed by atoms with E-state index in [1.807, 2.05) is 19.1 Å². The van der Waals surface area contributed by atoms with Gasteiger partial charge in [-0.3, -0.25) is 0 Å². The summed E-state index contributed by atoms with van der Waals surface area (Å²) >= 11 is 5.92. The number of benzene rings is 1. The van der Waals surface area contributed by atoms with Gasteiger partial charge in [-0.25, -0.2) is 13.4 Å². The van der Waals surface area contributed by atoms with Crippen molar-refractivity contribution >= 4 is 21.6 Å². The normalized spacial score (nSPS) is 16.1. The Morgan fingerprint density at radius 3 is 2.65 bits per heavy atom. The van der Waals surface area contributed by atoms with Gasteiger partial charge < -0.3 is 4.74 Å². The molecule has 1 saturated heterocycles. The van der Waals surface area contributed by atoms with Crippen molar-refractivity contribution in [2.75, 3.05) is 13.1 Å². The Balaban J connectivity index is 1.70. The highest BCUT2D eigenvalue weighted by molar-refractivity contribution is 7.89. The molecule has 1 aliphatic heterocycles. The van der Waals surface area contributed by atoms with E-state index in [0.29, 0.717) is 29.6 Å². The van der Waals surface area contributed by atoms with Crippen molar-refractivity contribution in [3.63, 3.8) is 0 Å². The number of aryl methyl sites for hydroxylation is 2. The predicted molar refractivity (Wildman–Crippen MR) is 88.3 cm³/mol. The van der Waals surface area contributed by atoms with Crippen LogP contribution in [0.5, 0.6) is 5.88 Å². The average molecular weight is 353 g/mol. The summed E-state index contributed by atoms with van der Waals surface area (Å²) in [5.74, 6) is 0.519. The largest absolute Gasteiger partial charge is 0.472 e. The Labute approximate surface area is 140 Å². The molecule has 1 aromatic heterocycles. The van der Waals surface area contributed by atoms with Crippen molar-refractivity contribution in [3.05, 3.63) is 52.7 Å². The number of hydrogen-bond acceptors (Lipinski definition) is 4. The van der Waals surface area contributed by atoms with E-state index in [0.717, 1.165) is 5.69 Å². The van der Waals surface area contributed by atoms with Crippen LogP contribution in [-0.2, 0) is 10.0 Å². The maximum Gasteiger partial charge on any atom is 0.243 e. The Bertz CT molecular complexity index is 833. The lowest BCUT2D eigenvalue weighted by Gasteiger charge is -2.37. The molecule has 0 atom stereocenters. The van der Waals surface area contributed by atoms with Crippen molar-refractivity contribution in [1.82, 2.24) is 9.29 Å². The van der Waals surface area contributed by atoms with E-state index in [-0.39, 0.29) is 11.0 Å². The Kier molecular flexibility index (Phi) is 4.31. The second-order valence-corrected chi connectivity index (χ2v) is 7.93. The topological polar surface area (TPSA) is 59.5 Å². The van der Waals surface area contributed by atoms with Crippen LogP contribution in [0, 0.1) is 13.8 Å². The van der Waals surface area contributed by atoms with Crippen LogP contribution < -0.4 is 4.74 Å². The summed E-state index contributed by atoms with van der Waals surface area (Å²) in [5, 5.41) is 0.409. The van der Waals surface area contributed by atoms with Crippen LogP contribution in [0.1, 0.15) is 11.3 Å². The lowest BCUT2D eigenvalue weighted by molar-refractivity contribution is 0.0719. The van der Waals surface area contributed by atoms with Crippen LogP contribution in [0.2, 0.25) is 5.02 Å².